The number of aliphatic imine (C=N–C) groups is 1. The van der Waals surface area contributed by atoms with Gasteiger partial charge in [0.15, 0.2) is 0 Å². The van der Waals surface area contributed by atoms with Crippen molar-refractivity contribution in [2.24, 2.45) is 4.99 Å². The van der Waals surface area contributed by atoms with Crippen LogP contribution in [-0.2, 0) is 0 Å². The van der Waals surface area contributed by atoms with Crippen LogP contribution in [0.2, 0.25) is 0 Å². The van der Waals surface area contributed by atoms with E-state index in [0.717, 1.165) is 29.2 Å². The number of hydrogen-bond acceptors (Lipinski definition) is 2. The van der Waals surface area contributed by atoms with Crippen molar-refractivity contribution in [2.75, 3.05) is 11.4 Å². The number of nitrogens with zero attached hydrogens (tertiary/aromatic N) is 2. The molecular formula is C33H26N2. The van der Waals surface area contributed by atoms with Crippen LogP contribution in [0.3, 0.4) is 0 Å². The lowest BCUT2D eigenvalue weighted by atomic mass is 9.90. The van der Waals surface area contributed by atoms with Crippen molar-refractivity contribution in [3.63, 3.8) is 0 Å². The maximum absolute atomic E-state index is 5.29. The van der Waals surface area contributed by atoms with Crippen LogP contribution >= 0.6 is 0 Å². The maximum Gasteiger partial charge on any atom is 0.141 e. The van der Waals surface area contributed by atoms with Gasteiger partial charge < -0.3 is 4.90 Å². The summed E-state index contributed by atoms with van der Waals surface area (Å²) < 4.78 is 0. The molecule has 0 aliphatic carbocycles. The third-order valence-corrected chi connectivity index (χ3v) is 6.67. The molecule has 0 aromatic heterocycles. The average Bonchev–Trinajstić information content (AvgIpc) is 3.08. The number of anilines is 1. The van der Waals surface area contributed by atoms with E-state index in [9.17, 15) is 0 Å². The second-order valence-corrected chi connectivity index (χ2v) is 8.82. The Bertz CT molecular complexity index is 1420. The topological polar surface area (TPSA) is 15.6 Å². The molecule has 2 heteroatoms. The number of benzene rings is 5. The lowest BCUT2D eigenvalue weighted by Crippen LogP contribution is -2.35. The van der Waals surface area contributed by atoms with Gasteiger partial charge in [-0.1, -0.05) is 127 Å². The molecule has 0 saturated heterocycles. The van der Waals surface area contributed by atoms with Crippen LogP contribution in [0.1, 0.15) is 22.6 Å². The van der Waals surface area contributed by atoms with Gasteiger partial charge in [-0.25, -0.2) is 4.99 Å². The molecule has 35 heavy (non-hydrogen) atoms. The van der Waals surface area contributed by atoms with Crippen molar-refractivity contribution >= 4 is 17.2 Å². The van der Waals surface area contributed by atoms with Gasteiger partial charge in [0.1, 0.15) is 5.84 Å². The molecule has 1 heterocycles. The summed E-state index contributed by atoms with van der Waals surface area (Å²) in [5, 5.41) is 0. The molecule has 0 bridgehead atoms. The molecule has 5 aromatic rings. The largest absolute Gasteiger partial charge is 0.324 e. The zero-order valence-corrected chi connectivity index (χ0v) is 19.5. The van der Waals surface area contributed by atoms with Crippen molar-refractivity contribution in [3.05, 3.63) is 156 Å². The normalized spacial score (nSPS) is 12.5. The minimum atomic E-state index is 0.181. The minimum absolute atomic E-state index is 0.181. The molecule has 5 aromatic carbocycles. The van der Waals surface area contributed by atoms with Crippen LogP contribution in [0.15, 0.2) is 145 Å². The van der Waals surface area contributed by atoms with Crippen molar-refractivity contribution in [1.82, 2.24) is 0 Å². The molecule has 0 unspecified atom stereocenters. The Balaban J connectivity index is 1.57. The van der Waals surface area contributed by atoms with Crippen LogP contribution in [-0.4, -0.2) is 12.4 Å². The van der Waals surface area contributed by atoms with Crippen molar-refractivity contribution in [2.45, 2.75) is 5.92 Å². The fraction of sp³-hybridized carbons (Fsp3) is 0.0606. The molecule has 0 amide bonds. The molecule has 1 aliphatic rings. The number of hydrogen-bond donors (Lipinski definition) is 0. The Morgan fingerprint density at radius 1 is 0.514 bits per heavy atom. The third-order valence-electron chi connectivity index (χ3n) is 6.67. The van der Waals surface area contributed by atoms with E-state index in [-0.39, 0.29) is 5.92 Å². The predicted octanol–water partition coefficient (Wildman–Crippen LogP) is 8.08. The second kappa shape index (κ2) is 9.44. The van der Waals surface area contributed by atoms with E-state index in [1.54, 1.807) is 0 Å². The highest BCUT2D eigenvalue weighted by atomic mass is 15.2. The van der Waals surface area contributed by atoms with E-state index in [1.165, 1.54) is 22.4 Å². The van der Waals surface area contributed by atoms with E-state index in [2.05, 4.69) is 144 Å². The quantitative estimate of drug-likeness (QED) is 0.264. The van der Waals surface area contributed by atoms with E-state index in [1.807, 2.05) is 0 Å². The fourth-order valence-corrected chi connectivity index (χ4v) is 4.97. The lowest BCUT2D eigenvalue weighted by molar-refractivity contribution is 0.805. The molecule has 0 saturated carbocycles. The summed E-state index contributed by atoms with van der Waals surface area (Å²) in [7, 11) is 0. The summed E-state index contributed by atoms with van der Waals surface area (Å²) in [5.41, 5.74) is 8.25. The molecule has 0 spiro atoms. The first kappa shape index (κ1) is 21.1. The predicted molar refractivity (Wildman–Crippen MR) is 147 cm³/mol. The van der Waals surface area contributed by atoms with Crippen molar-refractivity contribution in [1.29, 1.82) is 0 Å². The van der Waals surface area contributed by atoms with Crippen LogP contribution in [0.5, 0.6) is 0 Å². The molecule has 0 radical (unpaired) electrons. The Hall–Kier alpha value is -4.43. The van der Waals surface area contributed by atoms with Gasteiger partial charge in [-0.05, 0) is 23.3 Å². The van der Waals surface area contributed by atoms with E-state index < -0.39 is 0 Å². The Kier molecular flexibility index (Phi) is 5.70. The Morgan fingerprint density at radius 3 is 1.69 bits per heavy atom. The second-order valence-electron chi connectivity index (χ2n) is 8.82. The highest BCUT2D eigenvalue weighted by molar-refractivity contribution is 6.15. The first-order valence-electron chi connectivity index (χ1n) is 12.1. The Morgan fingerprint density at radius 2 is 1.03 bits per heavy atom. The van der Waals surface area contributed by atoms with Crippen molar-refractivity contribution < 1.29 is 0 Å². The highest BCUT2D eigenvalue weighted by Crippen LogP contribution is 2.42. The first-order chi connectivity index (χ1) is 17.4. The van der Waals surface area contributed by atoms with Gasteiger partial charge in [-0.3, -0.25) is 0 Å². The van der Waals surface area contributed by atoms with Crippen molar-refractivity contribution in [3.8, 4) is 11.1 Å². The molecule has 0 fully saturated rings. The van der Waals surface area contributed by atoms with Gasteiger partial charge in [0.25, 0.3) is 0 Å². The van der Waals surface area contributed by atoms with Gasteiger partial charge in [0.05, 0.1) is 11.4 Å². The van der Waals surface area contributed by atoms with Gasteiger partial charge >= 0.3 is 0 Å². The molecule has 0 N–H and O–H groups in total. The lowest BCUT2D eigenvalue weighted by Gasteiger charge is -2.31. The molecule has 6 rings (SSSR count). The van der Waals surface area contributed by atoms with Gasteiger partial charge in [0.2, 0.25) is 0 Å². The summed E-state index contributed by atoms with van der Waals surface area (Å²) in [6.07, 6.45) is 0. The Labute approximate surface area is 206 Å². The standard InChI is InChI=1S/C33H26N2/c1-4-14-25(15-5-1)30(26-16-6-2-7-17-26)24-35-32-23-13-11-21-29(32)28-20-10-12-22-31(28)34-33(35)27-18-8-3-9-19-27/h1-23,30H,24H2. The highest BCUT2D eigenvalue weighted by Gasteiger charge is 2.27. The maximum atomic E-state index is 5.29. The number of rotatable bonds is 5. The van der Waals surface area contributed by atoms with Crippen LogP contribution in [0.4, 0.5) is 11.4 Å². The summed E-state index contributed by atoms with van der Waals surface area (Å²) in [6.45, 7) is 0.771. The fourth-order valence-electron chi connectivity index (χ4n) is 4.97. The smallest absolute Gasteiger partial charge is 0.141 e. The van der Waals surface area contributed by atoms with Crippen LogP contribution in [0.25, 0.3) is 11.1 Å². The van der Waals surface area contributed by atoms with Crippen LogP contribution in [0, 0.1) is 0 Å². The number of amidine groups is 1. The van der Waals surface area contributed by atoms with E-state index in [4.69, 9.17) is 4.99 Å². The van der Waals surface area contributed by atoms with E-state index in [0.29, 0.717) is 0 Å². The number of para-hydroxylation sites is 2. The van der Waals surface area contributed by atoms with Gasteiger partial charge in [-0.15, -0.1) is 0 Å². The monoisotopic (exact) mass is 450 g/mol. The van der Waals surface area contributed by atoms with Crippen LogP contribution < -0.4 is 4.90 Å². The molecular weight excluding hydrogens is 424 g/mol. The molecule has 0 atom stereocenters. The summed E-state index contributed by atoms with van der Waals surface area (Å²) in [6, 6.07) is 49.3. The zero-order valence-electron chi connectivity index (χ0n) is 19.5. The molecule has 1 aliphatic heterocycles. The summed E-state index contributed by atoms with van der Waals surface area (Å²) >= 11 is 0. The third kappa shape index (κ3) is 4.15. The summed E-state index contributed by atoms with van der Waals surface area (Å²) in [5.74, 6) is 1.15. The number of fused-ring (bicyclic) bond motifs is 3. The van der Waals surface area contributed by atoms with Gasteiger partial charge in [-0.2, -0.15) is 0 Å². The zero-order chi connectivity index (χ0) is 23.5. The summed E-state index contributed by atoms with van der Waals surface area (Å²) in [4.78, 5) is 7.70. The molecule has 2 nitrogen and oxygen atoms in total. The first-order valence-corrected chi connectivity index (χ1v) is 12.1. The molecule has 168 valence electrons. The average molecular weight is 451 g/mol. The SMILES string of the molecule is c1ccc(C2=Nc3ccccc3-c3ccccc3N2CC(c2ccccc2)c2ccccc2)cc1. The van der Waals surface area contributed by atoms with Gasteiger partial charge in [0, 0.05) is 29.2 Å². The van der Waals surface area contributed by atoms with E-state index >= 15 is 0 Å². The minimum Gasteiger partial charge on any atom is -0.324 e.